The molecule has 0 fully saturated rings. The summed E-state index contributed by atoms with van der Waals surface area (Å²) in [6.07, 6.45) is 2.88. The number of rotatable bonds is 1. The molecule has 0 bridgehead atoms. The van der Waals surface area contributed by atoms with Crippen molar-refractivity contribution in [3.05, 3.63) is 29.3 Å². The van der Waals surface area contributed by atoms with E-state index in [-0.39, 0.29) is 6.04 Å². The van der Waals surface area contributed by atoms with Gasteiger partial charge in [0.05, 0.1) is 4.90 Å². The first-order chi connectivity index (χ1) is 6.47. The molecule has 0 saturated heterocycles. The van der Waals surface area contributed by atoms with E-state index in [2.05, 4.69) is 0 Å². The summed E-state index contributed by atoms with van der Waals surface area (Å²) in [6.45, 7) is 0. The molecule has 0 heterocycles. The number of hydrogen-bond donors (Lipinski definition) is 1. The maximum Gasteiger partial charge on any atom is 0.175 e. The number of benzene rings is 1. The minimum absolute atomic E-state index is 0.153. The van der Waals surface area contributed by atoms with Crippen LogP contribution in [0.5, 0.6) is 0 Å². The van der Waals surface area contributed by atoms with Crippen molar-refractivity contribution in [2.75, 3.05) is 6.26 Å². The molecule has 2 N–H and O–H groups in total. The molecule has 2 rings (SSSR count). The molecule has 1 unspecified atom stereocenters. The van der Waals surface area contributed by atoms with Crippen LogP contribution in [0.4, 0.5) is 0 Å². The van der Waals surface area contributed by atoms with Crippen LogP contribution in [0.15, 0.2) is 23.1 Å². The van der Waals surface area contributed by atoms with Crippen LogP contribution in [0.1, 0.15) is 11.1 Å². The van der Waals surface area contributed by atoms with Crippen molar-refractivity contribution in [3.63, 3.8) is 0 Å². The Morgan fingerprint density at radius 2 is 1.93 bits per heavy atom. The summed E-state index contributed by atoms with van der Waals surface area (Å²) >= 11 is 0. The molecule has 1 aromatic rings. The highest BCUT2D eigenvalue weighted by molar-refractivity contribution is 7.90. The van der Waals surface area contributed by atoms with Gasteiger partial charge in [-0.15, -0.1) is 0 Å². The van der Waals surface area contributed by atoms with Gasteiger partial charge in [-0.1, -0.05) is 6.07 Å². The van der Waals surface area contributed by atoms with E-state index in [0.29, 0.717) is 4.90 Å². The lowest BCUT2D eigenvalue weighted by Crippen LogP contribution is -2.18. The molecule has 0 spiro atoms. The van der Waals surface area contributed by atoms with Crippen LogP contribution in [-0.4, -0.2) is 20.7 Å². The maximum absolute atomic E-state index is 11.3. The third kappa shape index (κ3) is 1.67. The molecule has 0 amide bonds. The molecule has 0 aromatic heterocycles. The van der Waals surface area contributed by atoms with E-state index < -0.39 is 9.84 Å². The molecule has 0 radical (unpaired) electrons. The fourth-order valence-corrected chi connectivity index (χ4v) is 2.53. The van der Waals surface area contributed by atoms with Gasteiger partial charge in [-0.05, 0) is 36.1 Å². The Kier molecular flexibility index (Phi) is 2.12. The van der Waals surface area contributed by atoms with E-state index in [4.69, 9.17) is 5.73 Å². The zero-order valence-corrected chi connectivity index (χ0v) is 8.84. The van der Waals surface area contributed by atoms with Gasteiger partial charge in [0.25, 0.3) is 0 Å². The predicted octanol–water partition coefficient (Wildman–Crippen LogP) is 0.516. The smallest absolute Gasteiger partial charge is 0.175 e. The Balaban J connectivity index is 2.48. The topological polar surface area (TPSA) is 60.2 Å². The van der Waals surface area contributed by atoms with Crippen LogP contribution < -0.4 is 5.73 Å². The maximum atomic E-state index is 11.3. The SMILES string of the molecule is CS(=O)(=O)c1ccc2c(c1)CC(N)C2. The van der Waals surface area contributed by atoms with Crippen molar-refractivity contribution in [2.24, 2.45) is 5.73 Å². The van der Waals surface area contributed by atoms with Crippen molar-refractivity contribution in [1.82, 2.24) is 0 Å². The van der Waals surface area contributed by atoms with Crippen molar-refractivity contribution < 1.29 is 8.42 Å². The minimum atomic E-state index is -3.08. The van der Waals surface area contributed by atoms with Gasteiger partial charge >= 0.3 is 0 Å². The zero-order chi connectivity index (χ0) is 10.3. The third-order valence-electron chi connectivity index (χ3n) is 2.57. The summed E-state index contributed by atoms with van der Waals surface area (Å²) in [7, 11) is -3.08. The van der Waals surface area contributed by atoms with Gasteiger partial charge in [0.2, 0.25) is 0 Å². The number of hydrogen-bond acceptors (Lipinski definition) is 3. The number of fused-ring (bicyclic) bond motifs is 1. The monoisotopic (exact) mass is 211 g/mol. The second-order valence-corrected chi connectivity index (χ2v) is 5.89. The summed E-state index contributed by atoms with van der Waals surface area (Å²) in [5.41, 5.74) is 8.06. The van der Waals surface area contributed by atoms with Crippen LogP contribution in [0.25, 0.3) is 0 Å². The van der Waals surface area contributed by atoms with E-state index in [1.807, 2.05) is 6.07 Å². The lowest BCUT2D eigenvalue weighted by Gasteiger charge is -2.01. The van der Waals surface area contributed by atoms with Crippen LogP contribution in [0, 0.1) is 0 Å². The number of nitrogens with two attached hydrogens (primary N) is 1. The first-order valence-corrected chi connectivity index (χ1v) is 6.43. The van der Waals surface area contributed by atoms with Crippen LogP contribution in [-0.2, 0) is 22.7 Å². The molecule has 1 aliphatic rings. The lowest BCUT2D eigenvalue weighted by molar-refractivity contribution is 0.601. The van der Waals surface area contributed by atoms with E-state index in [9.17, 15) is 8.42 Å². The predicted molar refractivity (Wildman–Crippen MR) is 54.9 cm³/mol. The van der Waals surface area contributed by atoms with E-state index in [1.165, 1.54) is 11.8 Å². The third-order valence-corrected chi connectivity index (χ3v) is 3.68. The summed E-state index contributed by atoms with van der Waals surface area (Å²) in [5.74, 6) is 0. The van der Waals surface area contributed by atoms with E-state index >= 15 is 0 Å². The lowest BCUT2D eigenvalue weighted by atomic mass is 10.1. The molecular formula is C10H13NO2S. The van der Waals surface area contributed by atoms with Gasteiger partial charge in [0.1, 0.15) is 0 Å². The fourth-order valence-electron chi connectivity index (χ4n) is 1.86. The first-order valence-electron chi connectivity index (χ1n) is 4.54. The van der Waals surface area contributed by atoms with Gasteiger partial charge < -0.3 is 5.73 Å². The van der Waals surface area contributed by atoms with E-state index in [0.717, 1.165) is 18.4 Å². The quantitative estimate of drug-likeness (QED) is 0.736. The molecule has 4 heteroatoms. The minimum Gasteiger partial charge on any atom is -0.327 e. The average molecular weight is 211 g/mol. The van der Waals surface area contributed by atoms with Gasteiger partial charge in [-0.25, -0.2) is 8.42 Å². The molecule has 1 atom stereocenters. The van der Waals surface area contributed by atoms with Crippen LogP contribution >= 0.6 is 0 Å². The molecule has 14 heavy (non-hydrogen) atoms. The van der Waals surface area contributed by atoms with Crippen molar-refractivity contribution in [1.29, 1.82) is 0 Å². The Labute approximate surface area is 83.9 Å². The molecule has 3 nitrogen and oxygen atoms in total. The van der Waals surface area contributed by atoms with Crippen LogP contribution in [0.3, 0.4) is 0 Å². The van der Waals surface area contributed by atoms with E-state index in [1.54, 1.807) is 12.1 Å². The largest absolute Gasteiger partial charge is 0.327 e. The highest BCUT2D eigenvalue weighted by Crippen LogP contribution is 2.24. The van der Waals surface area contributed by atoms with Crippen molar-refractivity contribution in [2.45, 2.75) is 23.8 Å². The second-order valence-electron chi connectivity index (χ2n) is 3.87. The highest BCUT2D eigenvalue weighted by atomic mass is 32.2. The zero-order valence-electron chi connectivity index (χ0n) is 8.03. The summed E-state index contributed by atoms with van der Waals surface area (Å²) in [5, 5.41) is 0. The molecule has 76 valence electrons. The summed E-state index contributed by atoms with van der Waals surface area (Å²) in [6, 6.07) is 5.43. The van der Waals surface area contributed by atoms with Gasteiger partial charge in [0.15, 0.2) is 9.84 Å². The van der Waals surface area contributed by atoms with Gasteiger partial charge in [-0.3, -0.25) is 0 Å². The Hall–Kier alpha value is -0.870. The van der Waals surface area contributed by atoms with Crippen LogP contribution in [0.2, 0.25) is 0 Å². The van der Waals surface area contributed by atoms with Crippen molar-refractivity contribution >= 4 is 9.84 Å². The molecule has 1 aromatic carbocycles. The standard InChI is InChI=1S/C10H13NO2S/c1-14(12,13)10-3-2-7-4-9(11)5-8(7)6-10/h2-3,6,9H,4-5,11H2,1H3. The van der Waals surface area contributed by atoms with Gasteiger partial charge in [-0.2, -0.15) is 0 Å². The molecule has 0 aliphatic heterocycles. The van der Waals surface area contributed by atoms with Gasteiger partial charge in [0, 0.05) is 12.3 Å². The van der Waals surface area contributed by atoms with Crippen molar-refractivity contribution in [3.8, 4) is 0 Å². The second kappa shape index (κ2) is 3.07. The Bertz CT molecular complexity index is 465. The molecule has 1 aliphatic carbocycles. The molecular weight excluding hydrogens is 198 g/mol. The Morgan fingerprint density at radius 1 is 1.29 bits per heavy atom. The Morgan fingerprint density at radius 3 is 2.57 bits per heavy atom. The summed E-state index contributed by atoms with van der Waals surface area (Å²) in [4.78, 5) is 0.394. The molecule has 0 saturated carbocycles. The number of sulfone groups is 1. The highest BCUT2D eigenvalue weighted by Gasteiger charge is 2.19. The first kappa shape index (κ1) is 9.68. The summed E-state index contributed by atoms with van der Waals surface area (Å²) < 4.78 is 22.6. The fraction of sp³-hybridized carbons (Fsp3) is 0.400. The average Bonchev–Trinajstić information content (AvgIpc) is 2.41. The normalized spacial score (nSPS) is 20.9.